The van der Waals surface area contributed by atoms with Gasteiger partial charge in [-0.3, -0.25) is 0 Å². The predicted molar refractivity (Wildman–Crippen MR) is 156 cm³/mol. The van der Waals surface area contributed by atoms with E-state index in [0.29, 0.717) is 28.3 Å². The Balaban J connectivity index is 2.06. The Kier molecular flexibility index (Phi) is 10.9. The van der Waals surface area contributed by atoms with Crippen LogP contribution in [0.5, 0.6) is 5.88 Å². The summed E-state index contributed by atoms with van der Waals surface area (Å²) in [5.74, 6) is 16.3. The zero-order valence-electron chi connectivity index (χ0n) is 23.3. The normalized spacial score (nSPS) is 11.0. The van der Waals surface area contributed by atoms with Crippen LogP contribution in [0.2, 0.25) is 0 Å². The number of anilines is 1. The van der Waals surface area contributed by atoms with Crippen LogP contribution in [0.15, 0.2) is 24.0 Å². The van der Waals surface area contributed by atoms with Crippen LogP contribution in [0.25, 0.3) is 17.8 Å². The molecule has 0 saturated heterocycles. The number of benzene rings is 1. The predicted octanol–water partition coefficient (Wildman–Crippen LogP) is 4.37. The number of aryl methyl sites for hydroxylation is 1. The highest BCUT2D eigenvalue weighted by Gasteiger charge is 2.15. The summed E-state index contributed by atoms with van der Waals surface area (Å²) in [6.07, 6.45) is 16.1. The van der Waals surface area contributed by atoms with E-state index >= 15 is 0 Å². The lowest BCUT2D eigenvalue weighted by molar-refractivity contribution is 0.297. The van der Waals surface area contributed by atoms with Gasteiger partial charge in [0.25, 0.3) is 5.88 Å². The highest BCUT2D eigenvalue weighted by Crippen LogP contribution is 2.22. The quantitative estimate of drug-likeness (QED) is 0.277. The molecule has 198 valence electrons. The van der Waals surface area contributed by atoms with E-state index < -0.39 is 0 Å². The van der Waals surface area contributed by atoms with E-state index in [1.54, 1.807) is 17.7 Å². The van der Waals surface area contributed by atoms with Crippen LogP contribution in [-0.4, -0.2) is 40.0 Å². The van der Waals surface area contributed by atoms with E-state index in [-0.39, 0.29) is 0 Å². The summed E-state index contributed by atoms with van der Waals surface area (Å²) in [6, 6.07) is 6.53. The molecule has 3 rings (SSSR count). The first-order valence-electron chi connectivity index (χ1n) is 13.0. The topological polar surface area (TPSA) is 64.8 Å². The minimum Gasteiger partial charge on any atom is -0.501 e. The Morgan fingerprint density at radius 1 is 1.05 bits per heavy atom. The van der Waals surface area contributed by atoms with E-state index in [1.165, 1.54) is 31.4 Å². The average Bonchev–Trinajstić information content (AvgIpc) is 3.48. The number of allylic oxidation sites excluding steroid dienone is 1. The lowest BCUT2D eigenvalue weighted by Gasteiger charge is -2.25. The second-order valence-electron chi connectivity index (χ2n) is 8.82. The van der Waals surface area contributed by atoms with Crippen molar-refractivity contribution >= 4 is 23.5 Å². The summed E-state index contributed by atoms with van der Waals surface area (Å²) in [4.78, 5) is 2.47. The number of unbranched alkanes of at least 4 members (excludes halogenated alkanes) is 2. The maximum atomic E-state index is 5.69. The fraction of sp³-hybridized carbons (Fsp3) is 0.344. The van der Waals surface area contributed by atoms with Gasteiger partial charge in [0.15, 0.2) is 11.5 Å². The number of nitrogens with zero attached hydrogens (tertiary/aromatic N) is 5. The minimum absolute atomic E-state index is 0.296. The SMILES string of the molecule is C#CC#CC#CC#COc1nn2c(C=C(C)OC)nnc2c1=Cc1ccc(N(CCCC)CCCC)cc1C. The molecule has 7 heteroatoms. The van der Waals surface area contributed by atoms with Crippen LogP contribution < -0.4 is 14.9 Å². The highest BCUT2D eigenvalue weighted by molar-refractivity contribution is 5.65. The van der Waals surface area contributed by atoms with Crippen LogP contribution >= 0.6 is 0 Å². The Bertz CT molecular complexity index is 1600. The van der Waals surface area contributed by atoms with Crippen LogP contribution in [-0.2, 0) is 4.74 Å². The van der Waals surface area contributed by atoms with E-state index in [1.807, 2.05) is 13.0 Å². The Hall–Kier alpha value is -4.85. The van der Waals surface area contributed by atoms with Crippen molar-refractivity contribution in [3.8, 4) is 53.9 Å². The van der Waals surface area contributed by atoms with Gasteiger partial charge in [0, 0.05) is 42.6 Å². The first-order valence-corrected chi connectivity index (χ1v) is 13.0. The molecule has 1 aromatic carbocycles. The standard InChI is InChI=1S/C32H33N5O2/c1-7-10-13-14-15-16-21-39-32-29(31-34-33-30(37(31)35-32)23-26(5)38-6)24-27-17-18-28(22-25(27)4)36(19-11-8-2)20-12-9-3/h1,17-18,22-24H,8-9,11-12,19-20H2,2-6H3. The number of rotatable bonds is 11. The summed E-state index contributed by atoms with van der Waals surface area (Å²) < 4.78 is 12.6. The van der Waals surface area contributed by atoms with E-state index in [4.69, 9.17) is 15.9 Å². The number of methoxy groups -OCH3 is 1. The molecule has 0 amide bonds. The molecule has 0 unspecified atom stereocenters. The van der Waals surface area contributed by atoms with Crippen molar-refractivity contribution in [2.75, 3.05) is 25.1 Å². The van der Waals surface area contributed by atoms with Gasteiger partial charge >= 0.3 is 0 Å². The smallest absolute Gasteiger partial charge is 0.259 e. The van der Waals surface area contributed by atoms with Gasteiger partial charge in [-0.05, 0) is 73.8 Å². The third-order valence-electron chi connectivity index (χ3n) is 5.98. The minimum atomic E-state index is 0.296. The number of ether oxygens (including phenoxy) is 2. The van der Waals surface area contributed by atoms with Crippen molar-refractivity contribution in [2.24, 2.45) is 0 Å². The zero-order valence-corrected chi connectivity index (χ0v) is 23.3. The van der Waals surface area contributed by atoms with Crippen molar-refractivity contribution < 1.29 is 9.47 Å². The molecule has 0 spiro atoms. The Labute approximate surface area is 231 Å². The van der Waals surface area contributed by atoms with Crippen LogP contribution in [0.4, 0.5) is 5.69 Å². The number of terminal acetylenes is 1. The number of hydrogen-bond donors (Lipinski definition) is 0. The van der Waals surface area contributed by atoms with Gasteiger partial charge in [-0.1, -0.05) is 32.8 Å². The molecule has 0 aliphatic carbocycles. The Morgan fingerprint density at radius 3 is 2.44 bits per heavy atom. The highest BCUT2D eigenvalue weighted by atomic mass is 16.5. The molecule has 0 N–H and O–H groups in total. The first kappa shape index (κ1) is 28.7. The monoisotopic (exact) mass is 519 g/mol. The molecule has 2 heterocycles. The van der Waals surface area contributed by atoms with Gasteiger partial charge < -0.3 is 14.4 Å². The molecule has 2 aromatic heterocycles. The van der Waals surface area contributed by atoms with Gasteiger partial charge in [0.2, 0.25) is 0 Å². The molecule has 0 radical (unpaired) electrons. The zero-order chi connectivity index (χ0) is 28.0. The lowest BCUT2D eigenvalue weighted by atomic mass is 10.1. The molecule has 0 aliphatic heterocycles. The second-order valence-corrected chi connectivity index (χ2v) is 8.82. The number of fused-ring (bicyclic) bond motifs is 1. The molecule has 39 heavy (non-hydrogen) atoms. The average molecular weight is 520 g/mol. The molecule has 7 nitrogen and oxygen atoms in total. The summed E-state index contributed by atoms with van der Waals surface area (Å²) in [7, 11) is 1.60. The molecule has 3 aromatic rings. The van der Waals surface area contributed by atoms with E-state index in [0.717, 1.165) is 24.2 Å². The molecule has 0 atom stereocenters. The fourth-order valence-electron chi connectivity index (χ4n) is 3.80. The maximum absolute atomic E-state index is 5.69. The van der Waals surface area contributed by atoms with Crippen molar-refractivity contribution in [1.82, 2.24) is 19.8 Å². The maximum Gasteiger partial charge on any atom is 0.259 e. The molecule has 0 fully saturated rings. The van der Waals surface area contributed by atoms with E-state index in [2.05, 4.69) is 101 Å². The number of aromatic nitrogens is 4. The third kappa shape index (κ3) is 7.82. The van der Waals surface area contributed by atoms with Crippen LogP contribution in [0, 0.1) is 55.0 Å². The van der Waals surface area contributed by atoms with Gasteiger partial charge in [-0.2, -0.15) is 4.52 Å². The molecule has 0 saturated carbocycles. The van der Waals surface area contributed by atoms with Gasteiger partial charge in [0.1, 0.15) is 6.11 Å². The lowest BCUT2D eigenvalue weighted by Crippen LogP contribution is -2.25. The van der Waals surface area contributed by atoms with E-state index in [9.17, 15) is 0 Å². The van der Waals surface area contributed by atoms with Crippen molar-refractivity contribution in [3.63, 3.8) is 0 Å². The van der Waals surface area contributed by atoms with Crippen molar-refractivity contribution in [2.45, 2.75) is 53.4 Å². The second kappa shape index (κ2) is 14.8. The van der Waals surface area contributed by atoms with Gasteiger partial charge in [-0.15, -0.1) is 21.7 Å². The molecule has 0 bridgehead atoms. The molecule has 0 aliphatic rings. The number of hydrogen-bond acceptors (Lipinski definition) is 6. The summed E-state index contributed by atoms with van der Waals surface area (Å²) in [6.45, 7) is 10.5. The summed E-state index contributed by atoms with van der Waals surface area (Å²) in [5.41, 5.74) is 3.93. The van der Waals surface area contributed by atoms with Gasteiger partial charge in [0.05, 0.1) is 18.1 Å². The molecular weight excluding hydrogens is 486 g/mol. The Morgan fingerprint density at radius 2 is 1.77 bits per heavy atom. The van der Waals surface area contributed by atoms with Crippen molar-refractivity contribution in [1.29, 1.82) is 0 Å². The van der Waals surface area contributed by atoms with Crippen LogP contribution in [0.1, 0.15) is 63.4 Å². The van der Waals surface area contributed by atoms with Crippen molar-refractivity contribution in [3.05, 3.63) is 46.1 Å². The summed E-state index contributed by atoms with van der Waals surface area (Å²) >= 11 is 0. The third-order valence-corrected chi connectivity index (χ3v) is 5.98. The summed E-state index contributed by atoms with van der Waals surface area (Å²) in [5, 5.41) is 13.9. The molecular formula is C32H33N5O2. The largest absolute Gasteiger partial charge is 0.501 e. The fourth-order valence-corrected chi connectivity index (χ4v) is 3.80. The van der Waals surface area contributed by atoms with Crippen LogP contribution in [0.3, 0.4) is 0 Å². The van der Waals surface area contributed by atoms with Gasteiger partial charge in [-0.25, -0.2) is 0 Å². The first-order chi connectivity index (χ1) is 19.0.